The van der Waals surface area contributed by atoms with Crippen molar-refractivity contribution in [1.82, 2.24) is 4.98 Å². The first kappa shape index (κ1) is 13.5. The summed E-state index contributed by atoms with van der Waals surface area (Å²) in [6.45, 7) is 1.63. The van der Waals surface area contributed by atoms with Crippen LogP contribution in [0, 0.1) is 17.0 Å². The van der Waals surface area contributed by atoms with Gasteiger partial charge in [0.1, 0.15) is 5.56 Å². The summed E-state index contributed by atoms with van der Waals surface area (Å²) >= 11 is 0. The molecule has 1 aromatic carbocycles. The fraction of sp³-hybridized carbons (Fsp3) is 0.0769. The number of nitro groups is 1. The summed E-state index contributed by atoms with van der Waals surface area (Å²) in [6, 6.07) is 7.20. The molecule has 0 radical (unpaired) electrons. The van der Waals surface area contributed by atoms with Gasteiger partial charge in [-0.1, -0.05) is 12.1 Å². The van der Waals surface area contributed by atoms with E-state index in [1.54, 1.807) is 13.0 Å². The quantitative estimate of drug-likeness (QED) is 0.679. The van der Waals surface area contributed by atoms with E-state index in [1.807, 2.05) is 0 Å². The van der Waals surface area contributed by atoms with Crippen LogP contribution in [-0.4, -0.2) is 21.0 Å². The molecule has 7 nitrogen and oxygen atoms in total. The highest BCUT2D eigenvalue weighted by molar-refractivity contribution is 5.90. The molecule has 1 N–H and O–H groups in total. The smallest absolute Gasteiger partial charge is 0.341 e. The maximum atomic E-state index is 11.1. The Morgan fingerprint density at radius 3 is 2.75 bits per heavy atom. The highest BCUT2D eigenvalue weighted by Crippen LogP contribution is 2.34. The summed E-state index contributed by atoms with van der Waals surface area (Å²) in [4.78, 5) is 25.3. The van der Waals surface area contributed by atoms with Crippen LogP contribution < -0.4 is 4.74 Å². The molecular weight excluding hydrogens is 264 g/mol. The fourth-order valence-corrected chi connectivity index (χ4v) is 1.65. The number of pyridine rings is 1. The van der Waals surface area contributed by atoms with E-state index in [0.29, 0.717) is 5.56 Å². The summed E-state index contributed by atoms with van der Waals surface area (Å²) in [5, 5.41) is 20.0. The van der Waals surface area contributed by atoms with Crippen molar-refractivity contribution in [2.45, 2.75) is 6.92 Å². The van der Waals surface area contributed by atoms with Crippen molar-refractivity contribution in [3.05, 3.63) is 57.8 Å². The predicted octanol–water partition coefficient (Wildman–Crippen LogP) is 2.79. The van der Waals surface area contributed by atoms with Gasteiger partial charge in [0.25, 0.3) is 0 Å². The standard InChI is InChI=1S/C13H10N2O5/c1-8-4-2-6-10(15(18)19)11(8)20-12-9(13(16)17)5-3-7-14-12/h2-7H,1H3,(H,16,17). The predicted molar refractivity (Wildman–Crippen MR) is 69.1 cm³/mol. The minimum atomic E-state index is -1.22. The lowest BCUT2D eigenvalue weighted by atomic mass is 10.2. The van der Waals surface area contributed by atoms with Crippen molar-refractivity contribution in [1.29, 1.82) is 0 Å². The Kier molecular flexibility index (Phi) is 3.60. The van der Waals surface area contributed by atoms with Crippen molar-refractivity contribution >= 4 is 11.7 Å². The number of rotatable bonds is 4. The molecule has 0 aliphatic heterocycles. The van der Waals surface area contributed by atoms with Gasteiger partial charge in [-0.25, -0.2) is 9.78 Å². The molecule has 2 rings (SSSR count). The third kappa shape index (κ3) is 2.56. The second kappa shape index (κ2) is 5.35. The Labute approximate surface area is 113 Å². The van der Waals surface area contributed by atoms with E-state index < -0.39 is 10.9 Å². The monoisotopic (exact) mass is 274 g/mol. The van der Waals surface area contributed by atoms with Gasteiger partial charge < -0.3 is 9.84 Å². The molecule has 1 aromatic heterocycles. The van der Waals surface area contributed by atoms with Crippen molar-refractivity contribution in [2.24, 2.45) is 0 Å². The van der Waals surface area contributed by atoms with Gasteiger partial charge in [0.05, 0.1) is 4.92 Å². The number of benzene rings is 1. The Hall–Kier alpha value is -2.96. The number of carbonyl (C=O) groups is 1. The maximum absolute atomic E-state index is 11.1. The molecule has 0 atom stereocenters. The first-order valence-corrected chi connectivity index (χ1v) is 5.61. The zero-order chi connectivity index (χ0) is 14.7. The lowest BCUT2D eigenvalue weighted by Crippen LogP contribution is -2.03. The number of para-hydroxylation sites is 1. The molecule has 0 spiro atoms. The molecule has 7 heteroatoms. The average Bonchev–Trinajstić information content (AvgIpc) is 2.41. The topological polar surface area (TPSA) is 103 Å². The molecule has 0 aliphatic rings. The molecule has 20 heavy (non-hydrogen) atoms. The van der Waals surface area contributed by atoms with Crippen LogP contribution in [0.25, 0.3) is 0 Å². The van der Waals surface area contributed by atoms with E-state index in [0.717, 1.165) is 0 Å². The summed E-state index contributed by atoms with van der Waals surface area (Å²) in [6.07, 6.45) is 1.35. The Balaban J connectivity index is 2.51. The van der Waals surface area contributed by atoms with Crippen molar-refractivity contribution in [3.63, 3.8) is 0 Å². The molecule has 0 aliphatic carbocycles. The zero-order valence-corrected chi connectivity index (χ0v) is 10.4. The van der Waals surface area contributed by atoms with E-state index in [9.17, 15) is 14.9 Å². The lowest BCUT2D eigenvalue weighted by Gasteiger charge is -2.09. The number of carboxylic acids is 1. The SMILES string of the molecule is Cc1cccc([N+](=O)[O-])c1Oc1ncccc1C(=O)O. The molecule has 0 saturated carbocycles. The number of aromatic carboxylic acids is 1. The van der Waals surface area contributed by atoms with Gasteiger partial charge in [-0.15, -0.1) is 0 Å². The minimum absolute atomic E-state index is 0.0151. The number of hydrogen-bond acceptors (Lipinski definition) is 5. The number of carboxylic acid groups (broad SMARTS) is 1. The molecule has 0 amide bonds. The maximum Gasteiger partial charge on any atom is 0.341 e. The van der Waals surface area contributed by atoms with Crippen LogP contribution in [0.2, 0.25) is 0 Å². The van der Waals surface area contributed by atoms with Crippen LogP contribution in [-0.2, 0) is 0 Å². The number of aromatic nitrogens is 1. The second-order valence-corrected chi connectivity index (χ2v) is 3.94. The average molecular weight is 274 g/mol. The van der Waals surface area contributed by atoms with E-state index in [2.05, 4.69) is 4.98 Å². The zero-order valence-electron chi connectivity index (χ0n) is 10.4. The van der Waals surface area contributed by atoms with E-state index in [4.69, 9.17) is 9.84 Å². The van der Waals surface area contributed by atoms with Gasteiger partial charge in [0.15, 0.2) is 0 Å². The molecule has 0 unspecified atom stereocenters. The number of hydrogen-bond donors (Lipinski definition) is 1. The highest BCUT2D eigenvalue weighted by Gasteiger charge is 2.21. The molecule has 1 heterocycles. The Morgan fingerprint density at radius 2 is 2.10 bits per heavy atom. The van der Waals surface area contributed by atoms with Crippen LogP contribution in [0.4, 0.5) is 5.69 Å². The first-order chi connectivity index (χ1) is 9.50. The molecule has 2 aromatic rings. The number of nitro benzene ring substituents is 1. The minimum Gasteiger partial charge on any atom is -0.477 e. The number of aryl methyl sites for hydroxylation is 1. The highest BCUT2D eigenvalue weighted by atomic mass is 16.6. The van der Waals surface area contributed by atoms with Crippen LogP contribution in [0.15, 0.2) is 36.5 Å². The van der Waals surface area contributed by atoms with Gasteiger partial charge in [0.2, 0.25) is 11.6 Å². The number of nitrogens with zero attached hydrogens (tertiary/aromatic N) is 2. The molecule has 0 bridgehead atoms. The van der Waals surface area contributed by atoms with Gasteiger partial charge in [-0.05, 0) is 24.6 Å². The largest absolute Gasteiger partial charge is 0.477 e. The fourth-order valence-electron chi connectivity index (χ4n) is 1.65. The summed E-state index contributed by atoms with van der Waals surface area (Å²) in [5.74, 6) is -1.42. The van der Waals surface area contributed by atoms with Crippen molar-refractivity contribution < 1.29 is 19.6 Å². The van der Waals surface area contributed by atoms with E-state index in [1.165, 1.54) is 30.5 Å². The van der Waals surface area contributed by atoms with Gasteiger partial charge in [0, 0.05) is 12.3 Å². The van der Waals surface area contributed by atoms with Crippen LogP contribution in [0.3, 0.4) is 0 Å². The third-order valence-corrected chi connectivity index (χ3v) is 2.59. The molecule has 0 fully saturated rings. The molecule has 102 valence electrons. The Morgan fingerprint density at radius 1 is 1.35 bits per heavy atom. The normalized spacial score (nSPS) is 10.1. The third-order valence-electron chi connectivity index (χ3n) is 2.59. The van der Waals surface area contributed by atoms with Crippen LogP contribution in [0.5, 0.6) is 11.6 Å². The van der Waals surface area contributed by atoms with Crippen molar-refractivity contribution in [2.75, 3.05) is 0 Å². The number of ether oxygens (including phenoxy) is 1. The van der Waals surface area contributed by atoms with Crippen LogP contribution in [0.1, 0.15) is 15.9 Å². The first-order valence-electron chi connectivity index (χ1n) is 5.61. The van der Waals surface area contributed by atoms with Crippen LogP contribution >= 0.6 is 0 Å². The molecule has 0 saturated heterocycles. The molecular formula is C13H10N2O5. The summed E-state index contributed by atoms with van der Waals surface area (Å²) in [5.41, 5.74) is 0.109. The van der Waals surface area contributed by atoms with Gasteiger partial charge in [-0.2, -0.15) is 0 Å². The van der Waals surface area contributed by atoms with Gasteiger partial charge >= 0.3 is 11.7 Å². The van der Waals surface area contributed by atoms with Gasteiger partial charge in [-0.3, -0.25) is 10.1 Å². The second-order valence-electron chi connectivity index (χ2n) is 3.94. The summed E-state index contributed by atoms with van der Waals surface area (Å²) < 4.78 is 5.36. The lowest BCUT2D eigenvalue weighted by molar-refractivity contribution is -0.385. The van der Waals surface area contributed by atoms with E-state index >= 15 is 0 Å². The van der Waals surface area contributed by atoms with E-state index in [-0.39, 0.29) is 22.9 Å². The summed E-state index contributed by atoms with van der Waals surface area (Å²) in [7, 11) is 0. The Bertz CT molecular complexity index is 684. The van der Waals surface area contributed by atoms with Crippen molar-refractivity contribution in [3.8, 4) is 11.6 Å².